The van der Waals surface area contributed by atoms with E-state index in [0.29, 0.717) is 11.6 Å². The maximum Gasteiger partial charge on any atom is 0.195 e. The summed E-state index contributed by atoms with van der Waals surface area (Å²) in [5.41, 5.74) is 2.37. The van der Waals surface area contributed by atoms with Gasteiger partial charge in [-0.1, -0.05) is 6.42 Å². The molecule has 4 aromatic rings. The van der Waals surface area contributed by atoms with Gasteiger partial charge in [0.05, 0.1) is 14.2 Å². The Labute approximate surface area is 234 Å². The van der Waals surface area contributed by atoms with E-state index in [-0.39, 0.29) is 11.9 Å². The number of fused-ring (bicyclic) bond motifs is 1. The molecular formula is C33H35NO4S. The van der Waals surface area contributed by atoms with E-state index >= 15 is 0 Å². The van der Waals surface area contributed by atoms with Crippen molar-refractivity contribution in [3.05, 3.63) is 77.9 Å². The number of hydrogen-bond donors (Lipinski definition) is 0. The fourth-order valence-corrected chi connectivity index (χ4v) is 7.32. The minimum atomic E-state index is 0.0106. The van der Waals surface area contributed by atoms with E-state index in [0.717, 1.165) is 49.8 Å². The number of methoxy groups -OCH3 is 2. The van der Waals surface area contributed by atoms with Crippen molar-refractivity contribution in [1.29, 1.82) is 0 Å². The van der Waals surface area contributed by atoms with Crippen molar-refractivity contribution in [1.82, 2.24) is 4.90 Å². The lowest BCUT2D eigenvalue weighted by Gasteiger charge is -2.37. The van der Waals surface area contributed by atoms with Crippen LogP contribution in [0, 0.1) is 0 Å². The molecule has 6 heteroatoms. The second kappa shape index (κ2) is 11.4. The van der Waals surface area contributed by atoms with Crippen molar-refractivity contribution in [2.75, 3.05) is 27.3 Å². The fraction of sp³-hybridized carbons (Fsp3) is 0.364. The van der Waals surface area contributed by atoms with E-state index in [4.69, 9.17) is 14.2 Å². The summed E-state index contributed by atoms with van der Waals surface area (Å²) in [6, 6.07) is 22.1. The Kier molecular flexibility index (Phi) is 7.58. The third kappa shape index (κ3) is 5.28. The number of thiophene rings is 1. The first-order valence-corrected chi connectivity index (χ1v) is 14.8. The first-order valence-electron chi connectivity index (χ1n) is 13.9. The van der Waals surface area contributed by atoms with E-state index in [1.54, 1.807) is 25.6 Å². The van der Waals surface area contributed by atoms with Crippen LogP contribution in [0.5, 0.6) is 17.2 Å². The normalized spacial score (nSPS) is 19.7. The number of rotatable bonds is 8. The lowest BCUT2D eigenvalue weighted by atomic mass is 9.91. The van der Waals surface area contributed by atoms with Crippen molar-refractivity contribution in [2.45, 2.75) is 50.7 Å². The minimum absolute atomic E-state index is 0.0106. The largest absolute Gasteiger partial charge is 0.497 e. The number of carbonyl (C=O) groups excluding carboxylic acids is 1. The lowest BCUT2D eigenvalue weighted by molar-refractivity contribution is 0.0485. The molecule has 0 amide bonds. The summed E-state index contributed by atoms with van der Waals surface area (Å²) in [4.78, 5) is 17.6. The van der Waals surface area contributed by atoms with Crippen LogP contribution >= 0.6 is 11.3 Å². The topological polar surface area (TPSA) is 48.0 Å². The Bertz CT molecular complexity index is 1440. The zero-order valence-electron chi connectivity index (χ0n) is 22.7. The summed E-state index contributed by atoms with van der Waals surface area (Å²) in [5.74, 6) is 2.42. The summed E-state index contributed by atoms with van der Waals surface area (Å²) < 4.78 is 18.4. The van der Waals surface area contributed by atoms with Crippen LogP contribution in [0.15, 0.2) is 66.7 Å². The highest BCUT2D eigenvalue weighted by molar-refractivity contribution is 7.22. The van der Waals surface area contributed by atoms with Gasteiger partial charge >= 0.3 is 0 Å². The maximum atomic E-state index is 14.0. The molecule has 2 aliphatic rings. The van der Waals surface area contributed by atoms with Gasteiger partial charge in [0.1, 0.15) is 23.4 Å². The van der Waals surface area contributed by atoms with Crippen LogP contribution in [0.2, 0.25) is 0 Å². The van der Waals surface area contributed by atoms with Crippen molar-refractivity contribution >= 4 is 27.2 Å². The minimum Gasteiger partial charge on any atom is -0.497 e. The van der Waals surface area contributed by atoms with Crippen molar-refractivity contribution in [3.8, 4) is 27.7 Å². The Morgan fingerprint density at radius 3 is 2.18 bits per heavy atom. The third-order valence-electron chi connectivity index (χ3n) is 8.16. The first-order chi connectivity index (χ1) is 19.1. The van der Waals surface area contributed by atoms with Crippen LogP contribution in [0.1, 0.15) is 54.4 Å². The quantitative estimate of drug-likeness (QED) is 0.215. The average molecular weight is 542 g/mol. The van der Waals surface area contributed by atoms with Gasteiger partial charge in [0.25, 0.3) is 0 Å². The van der Waals surface area contributed by atoms with Gasteiger partial charge in [0, 0.05) is 32.1 Å². The number of nitrogens with zero attached hydrogens (tertiary/aromatic N) is 1. The number of benzene rings is 3. The average Bonchev–Trinajstić information content (AvgIpc) is 3.66. The van der Waals surface area contributed by atoms with E-state index in [2.05, 4.69) is 4.90 Å². The molecule has 0 radical (unpaired) electrons. The molecule has 0 N–H and O–H groups in total. The number of ether oxygens (including phenoxy) is 3. The number of carbonyl (C=O) groups is 1. The molecular weight excluding hydrogens is 506 g/mol. The van der Waals surface area contributed by atoms with E-state index < -0.39 is 0 Å². The van der Waals surface area contributed by atoms with Gasteiger partial charge < -0.3 is 14.2 Å². The van der Waals surface area contributed by atoms with Crippen LogP contribution < -0.4 is 14.2 Å². The zero-order valence-corrected chi connectivity index (χ0v) is 23.5. The number of ketones is 1. The Hall–Kier alpha value is -3.35. The smallest absolute Gasteiger partial charge is 0.195 e. The lowest BCUT2D eigenvalue weighted by Crippen LogP contribution is -2.46. The van der Waals surface area contributed by atoms with E-state index in [9.17, 15) is 4.79 Å². The molecule has 5 nitrogen and oxygen atoms in total. The molecule has 39 heavy (non-hydrogen) atoms. The maximum absolute atomic E-state index is 14.0. The fourth-order valence-electron chi connectivity index (χ4n) is 6.08. The van der Waals surface area contributed by atoms with Crippen molar-refractivity contribution in [3.63, 3.8) is 0 Å². The number of likely N-dealkylation sites (tertiary alicyclic amines) is 1. The summed E-state index contributed by atoms with van der Waals surface area (Å²) in [6.07, 6.45) is 7.62. The molecule has 1 aliphatic carbocycles. The van der Waals surface area contributed by atoms with Crippen LogP contribution in [0.3, 0.4) is 0 Å². The monoisotopic (exact) mass is 541 g/mol. The summed E-state index contributed by atoms with van der Waals surface area (Å²) in [6.45, 7) is 2.38. The predicted octanol–water partition coefficient (Wildman–Crippen LogP) is 7.60. The van der Waals surface area contributed by atoms with Gasteiger partial charge in [-0.05, 0) is 117 Å². The molecule has 1 aromatic heterocycles. The Balaban J connectivity index is 1.29. The molecule has 2 fully saturated rings. The highest BCUT2D eigenvalue weighted by atomic mass is 32.1. The second-order valence-electron chi connectivity index (χ2n) is 10.5. The molecule has 1 aliphatic heterocycles. The van der Waals surface area contributed by atoms with E-state index in [1.807, 2.05) is 66.7 Å². The van der Waals surface area contributed by atoms with Crippen molar-refractivity contribution in [2.24, 2.45) is 0 Å². The first kappa shape index (κ1) is 25.9. The highest BCUT2D eigenvalue weighted by Crippen LogP contribution is 2.42. The molecule has 1 saturated heterocycles. The van der Waals surface area contributed by atoms with Gasteiger partial charge in [0.15, 0.2) is 5.78 Å². The van der Waals surface area contributed by atoms with Crippen LogP contribution in [-0.4, -0.2) is 50.1 Å². The molecule has 0 spiro atoms. The Morgan fingerprint density at radius 2 is 1.46 bits per heavy atom. The van der Waals surface area contributed by atoms with Gasteiger partial charge in [-0.15, -0.1) is 11.3 Å². The van der Waals surface area contributed by atoms with Crippen molar-refractivity contribution < 1.29 is 19.0 Å². The summed E-state index contributed by atoms with van der Waals surface area (Å²) in [5, 5.41) is 0.938. The van der Waals surface area contributed by atoms with E-state index in [1.165, 1.54) is 45.2 Å². The van der Waals surface area contributed by atoms with Gasteiger partial charge in [-0.2, -0.15) is 0 Å². The zero-order chi connectivity index (χ0) is 26.8. The third-order valence-corrected chi connectivity index (χ3v) is 9.36. The van der Waals surface area contributed by atoms with Crippen LogP contribution in [-0.2, 0) is 0 Å². The summed E-state index contributed by atoms with van der Waals surface area (Å²) >= 11 is 1.61. The molecule has 6 rings (SSSR count). The number of hydrogen-bond acceptors (Lipinski definition) is 6. The molecule has 2 atom stereocenters. The molecule has 2 unspecified atom stereocenters. The van der Waals surface area contributed by atoms with Crippen LogP contribution in [0.25, 0.3) is 20.5 Å². The molecule has 2 heterocycles. The predicted molar refractivity (Wildman–Crippen MR) is 158 cm³/mol. The summed E-state index contributed by atoms with van der Waals surface area (Å²) in [7, 11) is 3.32. The molecule has 0 bridgehead atoms. The van der Waals surface area contributed by atoms with Gasteiger partial charge in [-0.3, -0.25) is 9.69 Å². The second-order valence-corrected chi connectivity index (χ2v) is 11.6. The molecule has 202 valence electrons. The SMILES string of the molecule is COc1ccc(-c2sc3cc(OC)ccc3c2C(=O)c2ccc(OC3CCCCC3N3CCCC3)cc2)cc1. The molecule has 1 saturated carbocycles. The Morgan fingerprint density at radius 1 is 0.795 bits per heavy atom. The van der Waals surface area contributed by atoms with Gasteiger partial charge in [0.2, 0.25) is 0 Å². The van der Waals surface area contributed by atoms with Gasteiger partial charge in [-0.25, -0.2) is 0 Å². The molecule has 3 aromatic carbocycles. The van der Waals surface area contributed by atoms with Crippen LogP contribution in [0.4, 0.5) is 0 Å². The standard InChI is InChI=1S/C33H35NO4S/c1-36-24-13-11-23(12-14-24)33-31(27-18-17-26(37-2)21-30(27)39-33)32(35)22-9-15-25(16-10-22)38-29-8-4-3-7-28(29)34-19-5-6-20-34/h9-18,21,28-29H,3-8,19-20H2,1-2H3. The highest BCUT2D eigenvalue weighted by Gasteiger charge is 2.33.